The van der Waals surface area contributed by atoms with E-state index >= 15 is 0 Å². The summed E-state index contributed by atoms with van der Waals surface area (Å²) in [5.41, 5.74) is 1.12. The standard InChI is InChI=1S/C22H22FN3O5S2/c23-19-10-6-18(7-11-19)15-26(33(30,31)21-4-2-1-3-5-21)16-22(27)25-14-17-8-12-20(13-9-17)32(24,28)29/h1-13H,14-16H2,(H,25,27)(H2,24,28,29). The highest BCUT2D eigenvalue weighted by Crippen LogP contribution is 2.18. The highest BCUT2D eigenvalue weighted by Gasteiger charge is 2.26. The summed E-state index contributed by atoms with van der Waals surface area (Å²) in [5.74, 6) is -1.02. The maximum Gasteiger partial charge on any atom is 0.243 e. The Bertz CT molecular complexity index is 1310. The number of rotatable bonds is 9. The first-order valence-electron chi connectivity index (χ1n) is 9.74. The minimum Gasteiger partial charge on any atom is -0.351 e. The number of sulfonamides is 2. The molecule has 0 heterocycles. The van der Waals surface area contributed by atoms with Crippen LogP contribution in [0.25, 0.3) is 0 Å². The summed E-state index contributed by atoms with van der Waals surface area (Å²) in [4.78, 5) is 12.6. The molecule has 0 saturated heterocycles. The summed E-state index contributed by atoms with van der Waals surface area (Å²) < 4.78 is 63.2. The highest BCUT2D eigenvalue weighted by molar-refractivity contribution is 7.89. The molecule has 0 atom stereocenters. The molecule has 3 aromatic carbocycles. The molecule has 0 aromatic heterocycles. The van der Waals surface area contributed by atoms with E-state index in [2.05, 4.69) is 5.32 Å². The van der Waals surface area contributed by atoms with Gasteiger partial charge in [0, 0.05) is 13.1 Å². The number of hydrogen-bond acceptors (Lipinski definition) is 5. The number of primary sulfonamides is 1. The highest BCUT2D eigenvalue weighted by atomic mass is 32.2. The molecule has 0 aliphatic heterocycles. The molecule has 0 radical (unpaired) electrons. The lowest BCUT2D eigenvalue weighted by Gasteiger charge is -2.22. The van der Waals surface area contributed by atoms with Gasteiger partial charge in [-0.1, -0.05) is 42.5 Å². The van der Waals surface area contributed by atoms with Crippen LogP contribution in [0.15, 0.2) is 88.7 Å². The van der Waals surface area contributed by atoms with Crippen LogP contribution >= 0.6 is 0 Å². The Morgan fingerprint density at radius 1 is 0.818 bits per heavy atom. The number of carbonyl (C=O) groups is 1. The number of carbonyl (C=O) groups excluding carboxylic acids is 1. The second-order valence-corrected chi connectivity index (χ2v) is 10.7. The molecule has 0 aliphatic rings. The Kier molecular flexibility index (Phi) is 7.59. The van der Waals surface area contributed by atoms with Gasteiger partial charge in [0.15, 0.2) is 0 Å². The lowest BCUT2D eigenvalue weighted by Crippen LogP contribution is -2.40. The maximum absolute atomic E-state index is 13.2. The molecule has 3 rings (SSSR count). The SMILES string of the molecule is NS(=O)(=O)c1ccc(CNC(=O)CN(Cc2ccc(F)cc2)S(=O)(=O)c2ccccc2)cc1. The second-order valence-electron chi connectivity index (χ2n) is 7.18. The molecule has 1 amide bonds. The number of nitrogens with two attached hydrogens (primary N) is 1. The topological polar surface area (TPSA) is 127 Å². The number of amides is 1. The van der Waals surface area contributed by atoms with Gasteiger partial charge < -0.3 is 5.32 Å². The Morgan fingerprint density at radius 3 is 1.97 bits per heavy atom. The smallest absolute Gasteiger partial charge is 0.243 e. The Labute approximate surface area is 192 Å². The molecule has 0 aliphatic carbocycles. The fourth-order valence-corrected chi connectivity index (χ4v) is 4.90. The van der Waals surface area contributed by atoms with Crippen molar-refractivity contribution >= 4 is 26.0 Å². The van der Waals surface area contributed by atoms with Crippen molar-refractivity contribution in [3.8, 4) is 0 Å². The second kappa shape index (κ2) is 10.2. The molecule has 3 aromatic rings. The van der Waals surface area contributed by atoms with Crippen molar-refractivity contribution in [2.75, 3.05) is 6.54 Å². The molecule has 0 bridgehead atoms. The third-order valence-corrected chi connectivity index (χ3v) is 7.45. The molecule has 0 spiro atoms. The first-order valence-corrected chi connectivity index (χ1v) is 12.7. The zero-order valence-corrected chi connectivity index (χ0v) is 19.0. The first kappa shape index (κ1) is 24.5. The lowest BCUT2D eigenvalue weighted by atomic mass is 10.2. The van der Waals surface area contributed by atoms with Crippen molar-refractivity contribution in [2.45, 2.75) is 22.9 Å². The third-order valence-electron chi connectivity index (χ3n) is 4.71. The maximum atomic E-state index is 13.2. The number of benzene rings is 3. The van der Waals surface area contributed by atoms with E-state index in [0.717, 1.165) is 4.31 Å². The number of nitrogens with zero attached hydrogens (tertiary/aromatic N) is 1. The fraction of sp³-hybridized carbons (Fsp3) is 0.136. The molecule has 0 saturated carbocycles. The number of nitrogens with one attached hydrogen (secondary N) is 1. The minimum atomic E-state index is -4.01. The van der Waals surface area contributed by atoms with Gasteiger partial charge in [-0.15, -0.1) is 0 Å². The van der Waals surface area contributed by atoms with Crippen molar-refractivity contribution in [1.82, 2.24) is 9.62 Å². The van der Waals surface area contributed by atoms with Gasteiger partial charge in [0.2, 0.25) is 26.0 Å². The molecule has 0 unspecified atom stereocenters. The van der Waals surface area contributed by atoms with Gasteiger partial charge in [0.1, 0.15) is 5.82 Å². The van der Waals surface area contributed by atoms with Crippen LogP contribution in [0, 0.1) is 5.82 Å². The minimum absolute atomic E-state index is 0.0264. The van der Waals surface area contributed by atoms with Crippen LogP contribution in [0.1, 0.15) is 11.1 Å². The number of halogens is 1. The summed E-state index contributed by atoms with van der Waals surface area (Å²) in [6.45, 7) is -0.544. The van der Waals surface area contributed by atoms with E-state index in [1.807, 2.05) is 0 Å². The van der Waals surface area contributed by atoms with E-state index in [0.29, 0.717) is 11.1 Å². The van der Waals surface area contributed by atoms with Crippen LogP contribution in [0.2, 0.25) is 0 Å². The third kappa shape index (κ3) is 6.68. The van der Waals surface area contributed by atoms with E-state index in [1.54, 1.807) is 18.2 Å². The zero-order chi connectivity index (χ0) is 24.1. The number of hydrogen-bond donors (Lipinski definition) is 2. The molecule has 3 N–H and O–H groups in total. The van der Waals surface area contributed by atoms with E-state index in [4.69, 9.17) is 5.14 Å². The molecular weight excluding hydrogens is 469 g/mol. The Balaban J connectivity index is 1.75. The Hall–Kier alpha value is -3.12. The van der Waals surface area contributed by atoms with Gasteiger partial charge in [0.25, 0.3) is 0 Å². The van der Waals surface area contributed by atoms with Gasteiger partial charge in [-0.05, 0) is 47.5 Å². The van der Waals surface area contributed by atoms with Gasteiger partial charge in [-0.2, -0.15) is 4.31 Å². The molecule has 33 heavy (non-hydrogen) atoms. The van der Waals surface area contributed by atoms with Crippen molar-refractivity contribution in [3.05, 3.63) is 95.8 Å². The first-order chi connectivity index (χ1) is 15.6. The van der Waals surface area contributed by atoms with Crippen LogP contribution in [-0.4, -0.2) is 33.6 Å². The zero-order valence-electron chi connectivity index (χ0n) is 17.4. The van der Waals surface area contributed by atoms with Crippen LogP contribution in [0.4, 0.5) is 4.39 Å². The average Bonchev–Trinajstić information content (AvgIpc) is 2.79. The summed E-state index contributed by atoms with van der Waals surface area (Å²) in [6, 6.07) is 18.7. The van der Waals surface area contributed by atoms with Gasteiger partial charge in [0.05, 0.1) is 16.3 Å². The quantitative estimate of drug-likeness (QED) is 0.473. The van der Waals surface area contributed by atoms with Crippen LogP contribution in [0.3, 0.4) is 0 Å². The molecule has 11 heteroatoms. The van der Waals surface area contributed by atoms with Crippen molar-refractivity contribution < 1.29 is 26.0 Å². The van der Waals surface area contributed by atoms with E-state index in [9.17, 15) is 26.0 Å². The predicted molar refractivity (Wildman–Crippen MR) is 120 cm³/mol. The van der Waals surface area contributed by atoms with Crippen LogP contribution in [0.5, 0.6) is 0 Å². The summed E-state index contributed by atoms with van der Waals surface area (Å²) in [6.07, 6.45) is 0. The molecular formula is C22H22FN3O5S2. The van der Waals surface area contributed by atoms with Gasteiger partial charge in [-0.25, -0.2) is 26.4 Å². The van der Waals surface area contributed by atoms with Gasteiger partial charge in [-0.3, -0.25) is 4.79 Å². The molecule has 8 nitrogen and oxygen atoms in total. The van der Waals surface area contributed by atoms with Crippen molar-refractivity contribution in [2.24, 2.45) is 5.14 Å². The summed E-state index contributed by atoms with van der Waals surface area (Å²) >= 11 is 0. The van der Waals surface area contributed by atoms with Gasteiger partial charge >= 0.3 is 0 Å². The average molecular weight is 492 g/mol. The lowest BCUT2D eigenvalue weighted by molar-refractivity contribution is -0.121. The van der Waals surface area contributed by atoms with E-state index in [-0.39, 0.29) is 22.9 Å². The fourth-order valence-electron chi connectivity index (χ4n) is 2.97. The molecule has 174 valence electrons. The summed E-state index contributed by atoms with van der Waals surface area (Å²) in [5, 5.41) is 7.68. The monoisotopic (exact) mass is 491 g/mol. The van der Waals surface area contributed by atoms with Crippen LogP contribution in [-0.2, 0) is 37.9 Å². The van der Waals surface area contributed by atoms with E-state index in [1.165, 1.54) is 60.7 Å². The van der Waals surface area contributed by atoms with Crippen molar-refractivity contribution in [3.63, 3.8) is 0 Å². The van der Waals surface area contributed by atoms with Crippen LogP contribution < -0.4 is 10.5 Å². The normalized spacial score (nSPS) is 12.0. The van der Waals surface area contributed by atoms with E-state index < -0.39 is 38.3 Å². The largest absolute Gasteiger partial charge is 0.351 e. The van der Waals surface area contributed by atoms with Crippen molar-refractivity contribution in [1.29, 1.82) is 0 Å². The molecule has 0 fully saturated rings. The Morgan fingerprint density at radius 2 is 1.39 bits per heavy atom. The predicted octanol–water partition coefficient (Wildman–Crippen LogP) is 1.98. The summed E-state index contributed by atoms with van der Waals surface area (Å²) in [7, 11) is -7.84.